The van der Waals surface area contributed by atoms with Crippen molar-refractivity contribution in [3.63, 3.8) is 0 Å². The molecule has 3 N–H and O–H groups in total. The third-order valence-corrected chi connectivity index (χ3v) is 5.02. The van der Waals surface area contributed by atoms with Crippen molar-refractivity contribution >= 4 is 11.8 Å². The number of hydrogen-bond acceptors (Lipinski definition) is 4. The zero-order valence-electron chi connectivity index (χ0n) is 13.0. The predicted octanol–water partition coefficient (Wildman–Crippen LogP) is 3.51. The SMILES string of the molecule is Nc1cccc(CN2C(=O)Oc3cc(O)ccc3C23CCC3)c1F. The van der Waals surface area contributed by atoms with Crippen LogP contribution in [-0.2, 0) is 12.1 Å². The Morgan fingerprint density at radius 3 is 2.79 bits per heavy atom. The first-order chi connectivity index (χ1) is 11.5. The third kappa shape index (κ3) is 2.02. The molecule has 0 radical (unpaired) electrons. The van der Waals surface area contributed by atoms with Gasteiger partial charge >= 0.3 is 6.09 Å². The van der Waals surface area contributed by atoms with Crippen molar-refractivity contribution in [3.8, 4) is 11.5 Å². The van der Waals surface area contributed by atoms with Crippen molar-refractivity contribution in [2.45, 2.75) is 31.3 Å². The Kier molecular flexibility index (Phi) is 3.16. The number of nitrogens with two attached hydrogens (primary N) is 1. The molecule has 0 unspecified atom stereocenters. The molecule has 0 bridgehead atoms. The van der Waals surface area contributed by atoms with E-state index in [0.29, 0.717) is 11.3 Å². The van der Waals surface area contributed by atoms with Gasteiger partial charge in [0.2, 0.25) is 0 Å². The van der Waals surface area contributed by atoms with Crippen molar-refractivity contribution in [1.82, 2.24) is 4.90 Å². The van der Waals surface area contributed by atoms with Crippen LogP contribution in [-0.4, -0.2) is 16.1 Å². The number of carbonyl (C=O) groups excluding carboxylic acids is 1. The molecule has 24 heavy (non-hydrogen) atoms. The quantitative estimate of drug-likeness (QED) is 0.827. The van der Waals surface area contributed by atoms with Gasteiger partial charge in [-0.3, -0.25) is 4.90 Å². The van der Waals surface area contributed by atoms with Crippen molar-refractivity contribution in [2.24, 2.45) is 0 Å². The summed E-state index contributed by atoms with van der Waals surface area (Å²) in [5.41, 5.74) is 6.41. The molecule has 6 heteroatoms. The van der Waals surface area contributed by atoms with E-state index in [1.807, 2.05) is 0 Å². The number of anilines is 1. The van der Waals surface area contributed by atoms with Crippen LogP contribution in [0.25, 0.3) is 0 Å². The molecule has 0 atom stereocenters. The highest BCUT2D eigenvalue weighted by Gasteiger charge is 2.51. The Hall–Kier alpha value is -2.76. The van der Waals surface area contributed by atoms with Crippen LogP contribution in [0.1, 0.15) is 30.4 Å². The summed E-state index contributed by atoms with van der Waals surface area (Å²) in [6.07, 6.45) is 2.01. The molecule has 1 fully saturated rings. The number of phenols is 1. The fraction of sp³-hybridized carbons (Fsp3) is 0.278. The van der Waals surface area contributed by atoms with Gasteiger partial charge in [-0.15, -0.1) is 0 Å². The molecular weight excluding hydrogens is 311 g/mol. The molecule has 1 aliphatic heterocycles. The van der Waals surface area contributed by atoms with Gasteiger partial charge in [-0.25, -0.2) is 9.18 Å². The number of rotatable bonds is 2. The maximum Gasteiger partial charge on any atom is 0.416 e. The minimum Gasteiger partial charge on any atom is -0.508 e. The zero-order valence-corrected chi connectivity index (χ0v) is 13.0. The fourth-order valence-corrected chi connectivity index (χ4v) is 3.61. The summed E-state index contributed by atoms with van der Waals surface area (Å²) < 4.78 is 19.6. The lowest BCUT2D eigenvalue weighted by atomic mass is 9.69. The van der Waals surface area contributed by atoms with Crippen LogP contribution in [0, 0.1) is 5.82 Å². The molecule has 0 saturated heterocycles. The number of benzene rings is 2. The van der Waals surface area contributed by atoms with Gasteiger partial charge in [0, 0.05) is 17.2 Å². The van der Waals surface area contributed by atoms with E-state index in [9.17, 15) is 14.3 Å². The predicted molar refractivity (Wildman–Crippen MR) is 86.0 cm³/mol. The average molecular weight is 328 g/mol. The summed E-state index contributed by atoms with van der Waals surface area (Å²) in [5, 5.41) is 9.64. The number of hydrogen-bond donors (Lipinski definition) is 2. The molecule has 1 heterocycles. The van der Waals surface area contributed by atoms with Crippen LogP contribution in [0.15, 0.2) is 36.4 Å². The number of fused-ring (bicyclic) bond motifs is 2. The van der Waals surface area contributed by atoms with Crippen LogP contribution in [0.2, 0.25) is 0 Å². The first-order valence-corrected chi connectivity index (χ1v) is 7.87. The van der Waals surface area contributed by atoms with Crippen molar-refractivity contribution < 1.29 is 19.0 Å². The number of aromatic hydroxyl groups is 1. The molecule has 2 aromatic rings. The van der Waals surface area contributed by atoms with Crippen LogP contribution in [0.3, 0.4) is 0 Å². The standard InChI is InChI=1S/C18H17FN2O3/c19-16-11(3-1-4-14(16)20)10-21-17(23)24-15-9-12(22)5-6-13(15)18(21)7-2-8-18/h1,3-6,9,22H,2,7-8,10,20H2. The second kappa shape index (κ2) is 5.12. The highest BCUT2D eigenvalue weighted by atomic mass is 19.1. The van der Waals surface area contributed by atoms with Crippen LogP contribution >= 0.6 is 0 Å². The lowest BCUT2D eigenvalue weighted by Gasteiger charge is -2.52. The molecule has 2 aromatic carbocycles. The number of phenolic OH excluding ortho intramolecular Hbond substituents is 1. The lowest BCUT2D eigenvalue weighted by molar-refractivity contribution is 0.00113. The lowest BCUT2D eigenvalue weighted by Crippen LogP contribution is -2.57. The summed E-state index contributed by atoms with van der Waals surface area (Å²) >= 11 is 0. The minimum absolute atomic E-state index is 0.0475. The van der Waals surface area contributed by atoms with Gasteiger partial charge in [-0.2, -0.15) is 0 Å². The van der Waals surface area contributed by atoms with E-state index >= 15 is 0 Å². The van der Waals surface area contributed by atoms with Gasteiger partial charge in [0.15, 0.2) is 5.82 Å². The monoisotopic (exact) mass is 328 g/mol. The summed E-state index contributed by atoms with van der Waals surface area (Å²) in [7, 11) is 0. The summed E-state index contributed by atoms with van der Waals surface area (Å²) in [5.74, 6) is -0.0772. The zero-order chi connectivity index (χ0) is 16.9. The molecule has 2 aliphatic rings. The van der Waals surface area contributed by atoms with Gasteiger partial charge in [0.1, 0.15) is 11.5 Å². The normalized spacial score (nSPS) is 18.0. The van der Waals surface area contributed by atoms with Crippen LogP contribution in [0.4, 0.5) is 14.9 Å². The number of carbonyl (C=O) groups is 1. The van der Waals surface area contributed by atoms with Crippen LogP contribution in [0.5, 0.6) is 11.5 Å². The average Bonchev–Trinajstić information content (AvgIpc) is 2.50. The van der Waals surface area contributed by atoms with Crippen molar-refractivity contribution in [2.75, 3.05) is 5.73 Å². The summed E-state index contributed by atoms with van der Waals surface area (Å²) in [4.78, 5) is 14.1. The van der Waals surface area contributed by atoms with Crippen molar-refractivity contribution in [1.29, 1.82) is 0 Å². The molecule has 1 saturated carbocycles. The maximum atomic E-state index is 14.3. The second-order valence-electron chi connectivity index (χ2n) is 6.34. The second-order valence-corrected chi connectivity index (χ2v) is 6.34. The van der Waals surface area contributed by atoms with Gasteiger partial charge < -0.3 is 15.6 Å². The Morgan fingerprint density at radius 2 is 2.08 bits per heavy atom. The molecule has 5 nitrogen and oxygen atoms in total. The topological polar surface area (TPSA) is 75.8 Å². The molecule has 1 aliphatic carbocycles. The Morgan fingerprint density at radius 1 is 1.29 bits per heavy atom. The highest BCUT2D eigenvalue weighted by Crippen LogP contribution is 2.53. The van der Waals surface area contributed by atoms with Gasteiger partial charge in [-0.1, -0.05) is 12.1 Å². The number of nitrogen functional groups attached to an aromatic ring is 1. The number of nitrogens with zero attached hydrogens (tertiary/aromatic N) is 1. The van der Waals surface area contributed by atoms with Crippen LogP contribution < -0.4 is 10.5 Å². The third-order valence-electron chi connectivity index (χ3n) is 5.02. The molecule has 4 rings (SSSR count). The smallest absolute Gasteiger partial charge is 0.416 e. The number of halogens is 1. The minimum atomic E-state index is -0.533. The van der Waals surface area contributed by atoms with E-state index in [-0.39, 0.29) is 18.0 Å². The van der Waals surface area contributed by atoms with Crippen molar-refractivity contribution in [3.05, 3.63) is 53.3 Å². The number of amides is 1. The van der Waals surface area contributed by atoms with E-state index in [1.54, 1.807) is 29.2 Å². The van der Waals surface area contributed by atoms with Gasteiger partial charge in [-0.05, 0) is 37.5 Å². The molecule has 1 spiro atoms. The maximum absolute atomic E-state index is 14.3. The first-order valence-electron chi connectivity index (χ1n) is 7.87. The highest BCUT2D eigenvalue weighted by molar-refractivity contribution is 5.76. The van der Waals surface area contributed by atoms with E-state index < -0.39 is 17.4 Å². The van der Waals surface area contributed by atoms with E-state index in [2.05, 4.69) is 0 Å². The Bertz CT molecular complexity index is 833. The largest absolute Gasteiger partial charge is 0.508 e. The van der Waals surface area contributed by atoms with Gasteiger partial charge in [0.05, 0.1) is 17.8 Å². The first kappa shape index (κ1) is 14.8. The fourth-order valence-electron chi connectivity index (χ4n) is 3.61. The number of ether oxygens (including phenoxy) is 1. The molecule has 124 valence electrons. The summed E-state index contributed by atoms with van der Waals surface area (Å²) in [6, 6.07) is 9.59. The Balaban J connectivity index is 1.77. The van der Waals surface area contributed by atoms with E-state index in [0.717, 1.165) is 24.8 Å². The van der Waals surface area contributed by atoms with Gasteiger partial charge in [0.25, 0.3) is 0 Å². The molecule has 1 amide bonds. The van der Waals surface area contributed by atoms with E-state index in [1.165, 1.54) is 12.1 Å². The molecule has 0 aromatic heterocycles. The molecular formula is C18H17FN2O3. The van der Waals surface area contributed by atoms with E-state index in [4.69, 9.17) is 10.5 Å². The Labute approximate surface area is 138 Å². The summed E-state index contributed by atoms with van der Waals surface area (Å²) in [6.45, 7) is 0.0933.